The summed E-state index contributed by atoms with van der Waals surface area (Å²) in [5.41, 5.74) is 1.58. The number of anilines is 2. The highest BCUT2D eigenvalue weighted by molar-refractivity contribution is 6.04. The minimum absolute atomic E-state index is 0.0215. The molecule has 0 unspecified atom stereocenters. The Morgan fingerprint density at radius 1 is 1.29 bits per heavy atom. The number of hydrogen-bond acceptors (Lipinski definition) is 3. The average molecular weight is 286 g/mol. The number of nitrogens with zero attached hydrogens (tertiary/aromatic N) is 1. The van der Waals surface area contributed by atoms with Crippen LogP contribution in [0.3, 0.4) is 0 Å². The van der Waals surface area contributed by atoms with Crippen LogP contribution in [0.2, 0.25) is 0 Å². The molecule has 1 aliphatic heterocycles. The highest BCUT2D eigenvalue weighted by atomic mass is 19.1. The third kappa shape index (κ3) is 2.67. The van der Waals surface area contributed by atoms with Crippen LogP contribution >= 0.6 is 0 Å². The Balaban J connectivity index is 1.83. The van der Waals surface area contributed by atoms with E-state index in [1.54, 1.807) is 24.3 Å². The lowest BCUT2D eigenvalue weighted by molar-refractivity contribution is 0.102. The molecule has 3 rings (SSSR count). The third-order valence-electron chi connectivity index (χ3n) is 3.43. The summed E-state index contributed by atoms with van der Waals surface area (Å²) in [5, 5.41) is 2.69. The second-order valence-electron chi connectivity index (χ2n) is 4.89. The van der Waals surface area contributed by atoms with Gasteiger partial charge in [-0.25, -0.2) is 4.39 Å². The Kier molecular flexibility index (Phi) is 3.48. The first-order chi connectivity index (χ1) is 10.1. The molecule has 108 valence electrons. The largest absolute Gasteiger partial charge is 0.489 e. The maximum Gasteiger partial charge on any atom is 0.258 e. The van der Waals surface area contributed by atoms with Crippen molar-refractivity contribution in [2.75, 3.05) is 30.4 Å². The van der Waals surface area contributed by atoms with E-state index in [1.165, 1.54) is 12.1 Å². The van der Waals surface area contributed by atoms with E-state index in [-0.39, 0.29) is 5.56 Å². The van der Waals surface area contributed by atoms with Gasteiger partial charge >= 0.3 is 0 Å². The number of nitrogens with one attached hydrogen (secondary N) is 1. The molecule has 21 heavy (non-hydrogen) atoms. The lowest BCUT2D eigenvalue weighted by Crippen LogP contribution is -2.28. The first-order valence-electron chi connectivity index (χ1n) is 6.69. The monoisotopic (exact) mass is 286 g/mol. The molecule has 0 saturated heterocycles. The van der Waals surface area contributed by atoms with E-state index < -0.39 is 11.7 Å². The molecule has 1 heterocycles. The van der Waals surface area contributed by atoms with E-state index in [9.17, 15) is 9.18 Å². The Hall–Kier alpha value is -2.56. The quantitative estimate of drug-likeness (QED) is 0.923. The molecule has 0 saturated carbocycles. The van der Waals surface area contributed by atoms with Crippen molar-refractivity contribution in [1.82, 2.24) is 0 Å². The molecule has 5 heteroatoms. The number of carbonyl (C=O) groups is 1. The van der Waals surface area contributed by atoms with Crippen molar-refractivity contribution in [1.29, 1.82) is 0 Å². The van der Waals surface area contributed by atoms with Crippen molar-refractivity contribution < 1.29 is 13.9 Å². The summed E-state index contributed by atoms with van der Waals surface area (Å²) in [5.74, 6) is -0.295. The standard InChI is InChI=1S/C16H15FN2O2/c1-19-8-9-21-15-10-11(6-7-14(15)19)18-16(20)12-4-2-3-5-13(12)17/h2-7,10H,8-9H2,1H3,(H,18,20). The molecule has 0 radical (unpaired) electrons. The fourth-order valence-corrected chi connectivity index (χ4v) is 2.28. The van der Waals surface area contributed by atoms with Gasteiger partial charge in [0.05, 0.1) is 17.8 Å². The first kappa shape index (κ1) is 13.4. The van der Waals surface area contributed by atoms with Gasteiger partial charge in [0, 0.05) is 18.8 Å². The third-order valence-corrected chi connectivity index (χ3v) is 3.43. The molecule has 1 N–H and O–H groups in total. The minimum atomic E-state index is -0.538. The number of carbonyl (C=O) groups excluding carboxylic acids is 1. The van der Waals surface area contributed by atoms with E-state index >= 15 is 0 Å². The molecule has 0 aromatic heterocycles. The highest BCUT2D eigenvalue weighted by Gasteiger charge is 2.16. The Morgan fingerprint density at radius 3 is 2.90 bits per heavy atom. The van der Waals surface area contributed by atoms with Crippen LogP contribution in [0.25, 0.3) is 0 Å². The minimum Gasteiger partial charge on any atom is -0.489 e. The van der Waals surface area contributed by atoms with Crippen LogP contribution in [0.4, 0.5) is 15.8 Å². The fraction of sp³-hybridized carbons (Fsp3) is 0.188. The molecule has 4 nitrogen and oxygen atoms in total. The van der Waals surface area contributed by atoms with Crippen molar-refractivity contribution >= 4 is 17.3 Å². The first-order valence-corrected chi connectivity index (χ1v) is 6.69. The molecule has 2 aromatic rings. The molecular formula is C16H15FN2O2. The molecule has 1 aliphatic rings. The molecule has 0 bridgehead atoms. The number of fused-ring (bicyclic) bond motifs is 1. The maximum atomic E-state index is 13.6. The van der Waals surface area contributed by atoms with E-state index in [0.29, 0.717) is 12.3 Å². The zero-order valence-corrected chi connectivity index (χ0v) is 11.6. The van der Waals surface area contributed by atoms with Crippen LogP contribution in [0.1, 0.15) is 10.4 Å². The second-order valence-corrected chi connectivity index (χ2v) is 4.89. The van der Waals surface area contributed by atoms with E-state index in [4.69, 9.17) is 4.74 Å². The van der Waals surface area contributed by atoms with Gasteiger partial charge in [0.25, 0.3) is 5.91 Å². The van der Waals surface area contributed by atoms with Gasteiger partial charge in [-0.05, 0) is 24.3 Å². The molecular weight excluding hydrogens is 271 g/mol. The lowest BCUT2D eigenvalue weighted by Gasteiger charge is -2.27. The number of ether oxygens (including phenoxy) is 1. The van der Waals surface area contributed by atoms with Crippen molar-refractivity contribution in [3.05, 3.63) is 53.8 Å². The molecule has 1 amide bonds. The fourth-order valence-electron chi connectivity index (χ4n) is 2.28. The Bertz CT molecular complexity index is 688. The second kappa shape index (κ2) is 5.44. The van der Waals surface area contributed by atoms with Gasteiger partial charge in [0.2, 0.25) is 0 Å². The van der Waals surface area contributed by atoms with Gasteiger partial charge in [0.1, 0.15) is 18.2 Å². The number of rotatable bonds is 2. The predicted octanol–water partition coefficient (Wildman–Crippen LogP) is 2.91. The Morgan fingerprint density at radius 2 is 2.10 bits per heavy atom. The normalized spacial score (nSPS) is 13.3. The molecule has 0 aliphatic carbocycles. The predicted molar refractivity (Wildman–Crippen MR) is 79.6 cm³/mol. The number of amides is 1. The van der Waals surface area contributed by atoms with Gasteiger partial charge < -0.3 is 15.0 Å². The van der Waals surface area contributed by atoms with E-state index in [0.717, 1.165) is 18.0 Å². The van der Waals surface area contributed by atoms with Crippen LogP contribution in [0.15, 0.2) is 42.5 Å². The van der Waals surface area contributed by atoms with Crippen LogP contribution in [0.5, 0.6) is 5.75 Å². The SMILES string of the molecule is CN1CCOc2cc(NC(=O)c3ccccc3F)ccc21. The number of benzene rings is 2. The van der Waals surface area contributed by atoms with Crippen LogP contribution in [-0.2, 0) is 0 Å². The smallest absolute Gasteiger partial charge is 0.258 e. The van der Waals surface area contributed by atoms with Gasteiger partial charge in [-0.2, -0.15) is 0 Å². The summed E-state index contributed by atoms with van der Waals surface area (Å²) in [6.45, 7) is 1.43. The van der Waals surface area contributed by atoms with Crippen molar-refractivity contribution in [2.24, 2.45) is 0 Å². The average Bonchev–Trinajstić information content (AvgIpc) is 2.48. The van der Waals surface area contributed by atoms with Crippen molar-refractivity contribution in [3.63, 3.8) is 0 Å². The lowest BCUT2D eigenvalue weighted by atomic mass is 10.2. The van der Waals surface area contributed by atoms with Crippen LogP contribution < -0.4 is 15.0 Å². The summed E-state index contributed by atoms with van der Waals surface area (Å²) in [7, 11) is 1.99. The van der Waals surface area contributed by atoms with E-state index in [2.05, 4.69) is 10.2 Å². The molecule has 0 spiro atoms. The summed E-state index contributed by atoms with van der Waals surface area (Å²) in [4.78, 5) is 14.1. The number of hydrogen-bond donors (Lipinski definition) is 1. The Labute approximate surface area is 122 Å². The number of halogens is 1. The van der Waals surface area contributed by atoms with Gasteiger partial charge in [-0.1, -0.05) is 12.1 Å². The van der Waals surface area contributed by atoms with Crippen molar-refractivity contribution in [2.45, 2.75) is 0 Å². The zero-order valence-electron chi connectivity index (χ0n) is 11.6. The zero-order chi connectivity index (χ0) is 14.8. The van der Waals surface area contributed by atoms with Gasteiger partial charge in [-0.15, -0.1) is 0 Å². The topological polar surface area (TPSA) is 41.6 Å². The van der Waals surface area contributed by atoms with Crippen molar-refractivity contribution in [3.8, 4) is 5.75 Å². The summed E-state index contributed by atoms with van der Waals surface area (Å²) in [6, 6.07) is 11.3. The van der Waals surface area contributed by atoms with Gasteiger partial charge in [0.15, 0.2) is 0 Å². The highest BCUT2D eigenvalue weighted by Crippen LogP contribution is 2.33. The molecule has 0 atom stereocenters. The molecule has 2 aromatic carbocycles. The van der Waals surface area contributed by atoms with Crippen LogP contribution in [-0.4, -0.2) is 26.1 Å². The van der Waals surface area contributed by atoms with Crippen LogP contribution in [0, 0.1) is 5.82 Å². The van der Waals surface area contributed by atoms with E-state index in [1.807, 2.05) is 13.1 Å². The molecule has 0 fully saturated rings. The summed E-state index contributed by atoms with van der Waals surface area (Å²) < 4.78 is 19.2. The summed E-state index contributed by atoms with van der Waals surface area (Å²) in [6.07, 6.45) is 0. The van der Waals surface area contributed by atoms with Gasteiger partial charge in [-0.3, -0.25) is 4.79 Å². The summed E-state index contributed by atoms with van der Waals surface area (Å²) >= 11 is 0. The maximum absolute atomic E-state index is 13.6. The number of likely N-dealkylation sites (N-methyl/N-ethyl adjacent to an activating group) is 1.